The number of amides is 2. The highest BCUT2D eigenvalue weighted by atomic mass is 32.1. The predicted molar refractivity (Wildman–Crippen MR) is 156 cm³/mol. The number of fused-ring (bicyclic) bond motifs is 3. The third-order valence-electron chi connectivity index (χ3n) is 10.5. The topological polar surface area (TPSA) is 61.4 Å². The van der Waals surface area contributed by atoms with Crippen LogP contribution in [-0.2, 0) is 24.8 Å². The lowest BCUT2D eigenvalue weighted by atomic mass is 9.49. The van der Waals surface area contributed by atoms with Crippen LogP contribution in [0.3, 0.4) is 0 Å². The molecule has 2 aromatic heterocycles. The molecule has 0 atom stereocenters. The highest BCUT2D eigenvalue weighted by molar-refractivity contribution is 7.19. The molecule has 9 rings (SSSR count). The van der Waals surface area contributed by atoms with Gasteiger partial charge in [-0.05, 0) is 93.1 Å². The molecule has 5 aliphatic carbocycles. The predicted octanol–water partition coefficient (Wildman–Crippen LogP) is 6.07. The summed E-state index contributed by atoms with van der Waals surface area (Å²) in [5.41, 5.74) is 2.85. The third-order valence-corrected chi connectivity index (χ3v) is 11.6. The minimum Gasteiger partial charge on any atom is -0.352 e. The molecule has 4 bridgehead atoms. The molecule has 6 aliphatic rings. The number of carbonyl (C=O) groups excluding carboxylic acids is 1. The first-order chi connectivity index (χ1) is 19.1. The molecule has 0 unspecified atom stereocenters. The van der Waals surface area contributed by atoms with Gasteiger partial charge in [-0.25, -0.2) is 14.8 Å². The number of aromatic nitrogens is 2. The van der Waals surface area contributed by atoms with E-state index in [2.05, 4.69) is 22.3 Å². The summed E-state index contributed by atoms with van der Waals surface area (Å²) in [5, 5.41) is 4.46. The Morgan fingerprint density at radius 2 is 1.62 bits per heavy atom. The number of carbonyl (C=O) groups is 1. The van der Waals surface area contributed by atoms with Crippen molar-refractivity contribution in [3.63, 3.8) is 0 Å². The Balaban J connectivity index is 1.08. The Kier molecular flexibility index (Phi) is 5.86. The van der Waals surface area contributed by atoms with E-state index in [1.807, 2.05) is 34.4 Å². The van der Waals surface area contributed by atoms with Gasteiger partial charge in [0.1, 0.15) is 16.5 Å². The van der Waals surface area contributed by atoms with Crippen LogP contribution in [0.15, 0.2) is 30.3 Å². The molecule has 3 heterocycles. The van der Waals surface area contributed by atoms with Crippen molar-refractivity contribution >= 4 is 33.4 Å². The van der Waals surface area contributed by atoms with Gasteiger partial charge in [0.15, 0.2) is 0 Å². The number of aryl methyl sites for hydroxylation is 2. The van der Waals surface area contributed by atoms with E-state index in [-0.39, 0.29) is 11.4 Å². The fourth-order valence-corrected chi connectivity index (χ4v) is 10.3. The number of nitrogens with one attached hydrogen (secondary N) is 1. The number of anilines is 1. The Morgan fingerprint density at radius 3 is 2.33 bits per heavy atom. The lowest BCUT2D eigenvalue weighted by Gasteiger charge is -2.56. The minimum absolute atomic E-state index is 0.0357. The Bertz CT molecular complexity index is 1360. The maximum Gasteiger partial charge on any atom is 0.317 e. The van der Waals surface area contributed by atoms with E-state index in [4.69, 9.17) is 9.97 Å². The Morgan fingerprint density at radius 1 is 0.923 bits per heavy atom. The number of nitrogens with zero attached hydrogens (tertiary/aromatic N) is 4. The summed E-state index contributed by atoms with van der Waals surface area (Å²) in [6.07, 6.45) is 13.1. The van der Waals surface area contributed by atoms with Crippen molar-refractivity contribution in [3.05, 3.63) is 52.2 Å². The second-order valence-electron chi connectivity index (χ2n) is 13.1. The molecule has 3 aromatic rings. The Hall–Kier alpha value is -2.67. The van der Waals surface area contributed by atoms with Crippen LogP contribution < -0.4 is 10.2 Å². The maximum atomic E-state index is 13.0. The zero-order valence-electron chi connectivity index (χ0n) is 22.8. The van der Waals surface area contributed by atoms with Gasteiger partial charge < -0.3 is 15.1 Å². The smallest absolute Gasteiger partial charge is 0.317 e. The molecular weight excluding hydrogens is 502 g/mol. The normalized spacial score (nSPS) is 29.6. The van der Waals surface area contributed by atoms with Crippen LogP contribution in [0.4, 0.5) is 10.6 Å². The SMILES string of the molecule is O=C(NCc1ccccc1)N1CCN(c2nc(C34CC5CC(CC(C5)C3)C4)nc3sc4c(c23)CCCC4)CC1. The van der Waals surface area contributed by atoms with Gasteiger partial charge in [-0.15, -0.1) is 11.3 Å². The van der Waals surface area contributed by atoms with Crippen LogP contribution in [0.1, 0.15) is 73.2 Å². The summed E-state index contributed by atoms with van der Waals surface area (Å²) >= 11 is 1.95. The van der Waals surface area contributed by atoms with Crippen molar-refractivity contribution in [2.24, 2.45) is 17.8 Å². The summed E-state index contributed by atoms with van der Waals surface area (Å²) < 4.78 is 0. The van der Waals surface area contributed by atoms with Gasteiger partial charge in [0, 0.05) is 43.0 Å². The molecule has 1 aliphatic heterocycles. The van der Waals surface area contributed by atoms with Crippen LogP contribution >= 0.6 is 11.3 Å². The van der Waals surface area contributed by atoms with Crippen LogP contribution in [-0.4, -0.2) is 47.1 Å². The fourth-order valence-electron chi connectivity index (χ4n) is 9.00. The van der Waals surface area contributed by atoms with E-state index in [1.54, 1.807) is 4.88 Å². The second-order valence-corrected chi connectivity index (χ2v) is 14.2. The maximum absolute atomic E-state index is 13.0. The monoisotopic (exact) mass is 541 g/mol. The molecule has 0 spiro atoms. The largest absolute Gasteiger partial charge is 0.352 e. The fraction of sp³-hybridized carbons (Fsp3) is 0.594. The zero-order valence-corrected chi connectivity index (χ0v) is 23.6. The number of piperazine rings is 1. The van der Waals surface area contributed by atoms with E-state index in [9.17, 15) is 4.79 Å². The zero-order chi connectivity index (χ0) is 26.0. The van der Waals surface area contributed by atoms with Gasteiger partial charge in [0.05, 0.1) is 5.39 Å². The molecular formula is C32H39N5OS. The first-order valence-corrected chi connectivity index (χ1v) is 16.1. The molecule has 7 heteroatoms. The lowest BCUT2D eigenvalue weighted by Crippen LogP contribution is -2.52. The standard InChI is InChI=1S/C32H39N5OS/c38-31(33-20-21-6-2-1-3-7-21)37-12-10-36(11-13-37)28-27-25-8-4-5-9-26(25)39-29(27)35-30(34-28)32-17-22-14-23(18-32)16-24(15-22)19-32/h1-3,6-7,22-24H,4-5,8-20H2,(H,33,38). The second kappa shape index (κ2) is 9.46. The summed E-state index contributed by atoms with van der Waals surface area (Å²) in [4.78, 5) is 31.2. The first kappa shape index (κ1) is 24.2. The Labute approximate surface area is 235 Å². The quantitative estimate of drug-likeness (QED) is 0.436. The van der Waals surface area contributed by atoms with E-state index in [1.165, 1.54) is 79.4 Å². The van der Waals surface area contributed by atoms with Crippen LogP contribution in [0, 0.1) is 17.8 Å². The van der Waals surface area contributed by atoms with E-state index in [0.717, 1.165) is 61.7 Å². The number of hydrogen-bond acceptors (Lipinski definition) is 5. The molecule has 4 saturated carbocycles. The molecule has 0 radical (unpaired) electrons. The van der Waals surface area contributed by atoms with Gasteiger partial charge in [-0.2, -0.15) is 0 Å². The molecule has 2 amide bonds. The van der Waals surface area contributed by atoms with E-state index < -0.39 is 0 Å². The molecule has 39 heavy (non-hydrogen) atoms. The van der Waals surface area contributed by atoms with E-state index >= 15 is 0 Å². The molecule has 204 valence electrons. The number of hydrogen-bond donors (Lipinski definition) is 1. The van der Waals surface area contributed by atoms with Crippen molar-refractivity contribution in [1.29, 1.82) is 0 Å². The molecule has 5 fully saturated rings. The average Bonchev–Trinajstić information content (AvgIpc) is 3.34. The van der Waals surface area contributed by atoms with Gasteiger partial charge >= 0.3 is 6.03 Å². The highest BCUT2D eigenvalue weighted by Crippen LogP contribution is 2.60. The van der Waals surface area contributed by atoms with Crippen molar-refractivity contribution in [2.75, 3.05) is 31.1 Å². The number of rotatable bonds is 4. The summed E-state index contributed by atoms with van der Waals surface area (Å²) in [6, 6.07) is 10.2. The molecule has 6 nitrogen and oxygen atoms in total. The molecule has 1 saturated heterocycles. The van der Waals surface area contributed by atoms with Gasteiger partial charge in [-0.1, -0.05) is 30.3 Å². The van der Waals surface area contributed by atoms with Crippen LogP contribution in [0.25, 0.3) is 10.2 Å². The van der Waals surface area contributed by atoms with E-state index in [0.29, 0.717) is 6.54 Å². The van der Waals surface area contributed by atoms with Gasteiger partial charge in [0.2, 0.25) is 0 Å². The van der Waals surface area contributed by atoms with Crippen molar-refractivity contribution in [2.45, 2.75) is 76.2 Å². The molecule has 1 N–H and O–H groups in total. The van der Waals surface area contributed by atoms with Gasteiger partial charge in [-0.3, -0.25) is 0 Å². The number of benzene rings is 1. The van der Waals surface area contributed by atoms with Crippen molar-refractivity contribution in [1.82, 2.24) is 20.2 Å². The van der Waals surface area contributed by atoms with Crippen molar-refractivity contribution in [3.8, 4) is 0 Å². The minimum atomic E-state index is 0.0357. The third kappa shape index (κ3) is 4.23. The van der Waals surface area contributed by atoms with Crippen molar-refractivity contribution < 1.29 is 4.79 Å². The number of urea groups is 1. The number of thiophene rings is 1. The average molecular weight is 542 g/mol. The lowest BCUT2D eigenvalue weighted by molar-refractivity contribution is -0.00918. The summed E-state index contributed by atoms with van der Waals surface area (Å²) in [6.45, 7) is 3.68. The summed E-state index contributed by atoms with van der Waals surface area (Å²) in [5.74, 6) is 4.98. The first-order valence-electron chi connectivity index (χ1n) is 15.3. The van der Waals surface area contributed by atoms with Crippen LogP contribution in [0.2, 0.25) is 0 Å². The molecule has 1 aromatic carbocycles. The van der Waals surface area contributed by atoms with Crippen LogP contribution in [0.5, 0.6) is 0 Å². The van der Waals surface area contributed by atoms with Gasteiger partial charge in [0.25, 0.3) is 0 Å². The summed E-state index contributed by atoms with van der Waals surface area (Å²) in [7, 11) is 0. The highest BCUT2D eigenvalue weighted by Gasteiger charge is 2.53.